The van der Waals surface area contributed by atoms with E-state index in [0.717, 1.165) is 4.88 Å². The maximum absolute atomic E-state index is 12.2. The van der Waals surface area contributed by atoms with E-state index in [0.29, 0.717) is 17.1 Å². The van der Waals surface area contributed by atoms with Gasteiger partial charge in [0, 0.05) is 18.3 Å². The number of hydrogen-bond acceptors (Lipinski definition) is 6. The molecule has 1 aromatic carbocycles. The molecule has 2 heterocycles. The second-order valence-corrected chi connectivity index (χ2v) is 5.99. The van der Waals surface area contributed by atoms with Gasteiger partial charge in [-0.05, 0) is 35.7 Å². The Morgan fingerprint density at radius 3 is 2.64 bits per heavy atom. The molecule has 2 amide bonds. The van der Waals surface area contributed by atoms with Crippen molar-refractivity contribution in [3.63, 3.8) is 0 Å². The zero-order chi connectivity index (χ0) is 17.8. The highest BCUT2D eigenvalue weighted by Gasteiger charge is 2.16. The fraction of sp³-hybridized carbons (Fsp3) is 0.125. The first kappa shape index (κ1) is 16.7. The molecular formula is C16H14N4O4S. The first-order valence-electron chi connectivity index (χ1n) is 7.31. The van der Waals surface area contributed by atoms with E-state index in [-0.39, 0.29) is 12.5 Å². The van der Waals surface area contributed by atoms with Gasteiger partial charge in [0.2, 0.25) is 5.91 Å². The predicted molar refractivity (Wildman–Crippen MR) is 92.5 cm³/mol. The van der Waals surface area contributed by atoms with Crippen LogP contribution in [0.3, 0.4) is 0 Å². The molecule has 3 aromatic rings. The minimum absolute atomic E-state index is 0.213. The van der Waals surface area contributed by atoms with E-state index in [1.54, 1.807) is 37.4 Å². The van der Waals surface area contributed by atoms with Crippen LogP contribution < -0.4 is 16.4 Å². The third-order valence-corrected chi connectivity index (χ3v) is 4.25. The molecule has 8 nitrogen and oxygen atoms in total. The van der Waals surface area contributed by atoms with Gasteiger partial charge in [-0.25, -0.2) is 9.36 Å². The van der Waals surface area contributed by atoms with Gasteiger partial charge in [0.05, 0.1) is 4.88 Å². The molecule has 0 atom stereocenters. The van der Waals surface area contributed by atoms with Gasteiger partial charge in [-0.1, -0.05) is 11.2 Å². The average molecular weight is 358 g/mol. The Bertz CT molecular complexity index is 941. The highest BCUT2D eigenvalue weighted by atomic mass is 32.1. The van der Waals surface area contributed by atoms with Crippen LogP contribution in [-0.2, 0) is 11.3 Å². The predicted octanol–water partition coefficient (Wildman–Crippen LogP) is 1.56. The van der Waals surface area contributed by atoms with Crippen molar-refractivity contribution >= 4 is 28.8 Å². The van der Waals surface area contributed by atoms with Crippen molar-refractivity contribution in [2.75, 3.05) is 12.4 Å². The molecule has 0 radical (unpaired) electrons. The maximum atomic E-state index is 12.2. The van der Waals surface area contributed by atoms with Gasteiger partial charge in [0.15, 0.2) is 5.82 Å². The van der Waals surface area contributed by atoms with E-state index < -0.39 is 11.7 Å². The number of amides is 2. The SMILES string of the molecule is CNC(=O)c1ccc(NC(=O)Cn2c(-c3cccs3)noc2=O)cc1. The summed E-state index contributed by atoms with van der Waals surface area (Å²) >= 11 is 1.39. The highest BCUT2D eigenvalue weighted by molar-refractivity contribution is 7.13. The van der Waals surface area contributed by atoms with Crippen molar-refractivity contribution in [2.45, 2.75) is 6.54 Å². The second kappa shape index (κ2) is 7.14. The summed E-state index contributed by atoms with van der Waals surface area (Å²) in [6.07, 6.45) is 0. The minimum atomic E-state index is -0.700. The van der Waals surface area contributed by atoms with Gasteiger partial charge in [-0.2, -0.15) is 0 Å². The van der Waals surface area contributed by atoms with Gasteiger partial charge in [-0.15, -0.1) is 11.3 Å². The molecule has 128 valence electrons. The van der Waals surface area contributed by atoms with Crippen LogP contribution in [0.4, 0.5) is 5.69 Å². The molecule has 0 saturated heterocycles. The van der Waals surface area contributed by atoms with Crippen molar-refractivity contribution in [1.29, 1.82) is 0 Å². The lowest BCUT2D eigenvalue weighted by molar-refractivity contribution is -0.116. The smallest absolute Gasteiger partial charge is 0.355 e. The number of hydrogen-bond donors (Lipinski definition) is 2. The summed E-state index contributed by atoms with van der Waals surface area (Å²) in [6, 6.07) is 10.0. The molecule has 0 aliphatic heterocycles. The Hall–Kier alpha value is -3.20. The quantitative estimate of drug-likeness (QED) is 0.720. The molecule has 0 fully saturated rings. The molecule has 25 heavy (non-hydrogen) atoms. The van der Waals surface area contributed by atoms with Gasteiger partial charge >= 0.3 is 5.76 Å². The van der Waals surface area contributed by atoms with Crippen LogP contribution in [0.1, 0.15) is 10.4 Å². The molecule has 0 aliphatic carbocycles. The van der Waals surface area contributed by atoms with E-state index >= 15 is 0 Å². The number of anilines is 1. The van der Waals surface area contributed by atoms with Crippen LogP contribution in [0, 0.1) is 0 Å². The Kier molecular flexibility index (Phi) is 4.75. The number of aromatic nitrogens is 2. The largest absolute Gasteiger partial charge is 0.442 e. The maximum Gasteiger partial charge on any atom is 0.442 e. The Labute approximate surface area is 146 Å². The molecule has 0 saturated carbocycles. The van der Waals surface area contributed by atoms with Crippen LogP contribution >= 0.6 is 11.3 Å². The lowest BCUT2D eigenvalue weighted by Gasteiger charge is -2.07. The summed E-state index contributed by atoms with van der Waals surface area (Å²) in [6.45, 7) is -0.229. The molecule has 9 heteroatoms. The Morgan fingerprint density at radius 1 is 1.24 bits per heavy atom. The number of carbonyl (C=O) groups is 2. The molecule has 2 aromatic heterocycles. The van der Waals surface area contributed by atoms with E-state index in [4.69, 9.17) is 0 Å². The summed E-state index contributed by atoms with van der Waals surface area (Å²) in [5, 5.41) is 10.7. The van der Waals surface area contributed by atoms with Gasteiger partial charge in [-0.3, -0.25) is 14.1 Å². The topological polar surface area (TPSA) is 106 Å². The highest BCUT2D eigenvalue weighted by Crippen LogP contribution is 2.21. The molecule has 0 bridgehead atoms. The van der Waals surface area contributed by atoms with E-state index in [2.05, 4.69) is 20.3 Å². The number of nitrogens with zero attached hydrogens (tertiary/aromatic N) is 2. The third kappa shape index (κ3) is 3.66. The van der Waals surface area contributed by atoms with Crippen molar-refractivity contribution in [1.82, 2.24) is 15.0 Å². The average Bonchev–Trinajstić information content (AvgIpc) is 3.25. The zero-order valence-corrected chi connectivity index (χ0v) is 14.0. The third-order valence-electron chi connectivity index (χ3n) is 3.39. The summed E-state index contributed by atoms with van der Waals surface area (Å²) in [5.74, 6) is -1.01. The second-order valence-electron chi connectivity index (χ2n) is 5.04. The summed E-state index contributed by atoms with van der Waals surface area (Å²) in [5.41, 5.74) is 0.996. The summed E-state index contributed by atoms with van der Waals surface area (Å²) in [7, 11) is 1.54. The first-order chi connectivity index (χ1) is 12.1. The van der Waals surface area contributed by atoms with Gasteiger partial charge < -0.3 is 10.6 Å². The number of rotatable bonds is 5. The van der Waals surface area contributed by atoms with Crippen molar-refractivity contribution in [2.24, 2.45) is 0 Å². The zero-order valence-electron chi connectivity index (χ0n) is 13.2. The Morgan fingerprint density at radius 2 is 2.00 bits per heavy atom. The number of carbonyl (C=O) groups excluding carboxylic acids is 2. The van der Waals surface area contributed by atoms with Crippen LogP contribution in [0.5, 0.6) is 0 Å². The van der Waals surface area contributed by atoms with Crippen LogP contribution in [-0.4, -0.2) is 28.6 Å². The van der Waals surface area contributed by atoms with Crippen molar-refractivity contribution in [3.05, 3.63) is 57.9 Å². The number of benzene rings is 1. The van der Waals surface area contributed by atoms with Gasteiger partial charge in [0.25, 0.3) is 5.91 Å². The van der Waals surface area contributed by atoms with Crippen LogP contribution in [0.15, 0.2) is 51.1 Å². The monoisotopic (exact) mass is 358 g/mol. The molecule has 0 spiro atoms. The van der Waals surface area contributed by atoms with Crippen LogP contribution in [0.25, 0.3) is 10.7 Å². The molecule has 0 aliphatic rings. The van der Waals surface area contributed by atoms with Gasteiger partial charge in [0.1, 0.15) is 6.54 Å². The lowest BCUT2D eigenvalue weighted by atomic mass is 10.2. The number of nitrogens with one attached hydrogen (secondary N) is 2. The molecule has 2 N–H and O–H groups in total. The first-order valence-corrected chi connectivity index (χ1v) is 8.19. The van der Waals surface area contributed by atoms with E-state index in [1.807, 2.05) is 11.4 Å². The van der Waals surface area contributed by atoms with E-state index in [9.17, 15) is 14.4 Å². The fourth-order valence-corrected chi connectivity index (χ4v) is 2.90. The standard InChI is InChI=1S/C16H14N4O4S/c1-17-15(22)10-4-6-11(7-5-10)18-13(21)9-20-14(19-24-16(20)23)12-3-2-8-25-12/h2-8H,9H2,1H3,(H,17,22)(H,18,21). The van der Waals surface area contributed by atoms with Crippen molar-refractivity contribution in [3.8, 4) is 10.7 Å². The minimum Gasteiger partial charge on any atom is -0.355 e. The number of thiophene rings is 1. The Balaban J connectivity index is 1.72. The van der Waals surface area contributed by atoms with Crippen molar-refractivity contribution < 1.29 is 14.1 Å². The fourth-order valence-electron chi connectivity index (χ4n) is 2.18. The molecule has 3 rings (SSSR count). The lowest BCUT2D eigenvalue weighted by Crippen LogP contribution is -2.25. The van der Waals surface area contributed by atoms with Crippen LogP contribution in [0.2, 0.25) is 0 Å². The van der Waals surface area contributed by atoms with E-state index in [1.165, 1.54) is 15.9 Å². The molecule has 0 unspecified atom stereocenters. The summed E-state index contributed by atoms with van der Waals surface area (Å²) in [4.78, 5) is 36.2. The normalized spacial score (nSPS) is 10.4. The molecular weight excluding hydrogens is 344 g/mol. The summed E-state index contributed by atoms with van der Waals surface area (Å²) < 4.78 is 5.83.